The molecule has 1 aromatic heterocycles. The van der Waals surface area contributed by atoms with Crippen LogP contribution in [-0.4, -0.2) is 38.3 Å². The molecule has 3 rings (SSSR count). The van der Waals surface area contributed by atoms with Gasteiger partial charge in [-0.25, -0.2) is 4.68 Å². The summed E-state index contributed by atoms with van der Waals surface area (Å²) in [5, 5.41) is 7.00. The van der Waals surface area contributed by atoms with Crippen LogP contribution in [0.5, 0.6) is 17.2 Å². The van der Waals surface area contributed by atoms with Crippen LogP contribution in [0.1, 0.15) is 19.4 Å². The first-order valence-corrected chi connectivity index (χ1v) is 11.5. The van der Waals surface area contributed by atoms with Crippen molar-refractivity contribution >= 4 is 33.0 Å². The quantitative estimate of drug-likeness (QED) is 0.283. The van der Waals surface area contributed by atoms with E-state index in [1.807, 2.05) is 48.9 Å². The van der Waals surface area contributed by atoms with E-state index in [2.05, 4.69) is 34.0 Å². The maximum Gasteiger partial charge on any atom is 0.206 e. The number of aromatic nitrogens is 1. The van der Waals surface area contributed by atoms with E-state index in [0.717, 1.165) is 37.4 Å². The number of hydrogen-bond donors (Lipinski definition) is 0. The van der Waals surface area contributed by atoms with Crippen LogP contribution in [-0.2, 0) is 0 Å². The minimum atomic E-state index is 0.536. The molecule has 0 spiro atoms. The fraction of sp³-hybridized carbons (Fsp3) is 0.250. The van der Waals surface area contributed by atoms with Crippen LogP contribution >= 0.6 is 27.3 Å². The van der Waals surface area contributed by atoms with Crippen molar-refractivity contribution in [3.8, 4) is 28.5 Å². The average molecular weight is 516 g/mol. The molecule has 8 heteroatoms. The van der Waals surface area contributed by atoms with Crippen LogP contribution in [0.4, 0.5) is 0 Å². The van der Waals surface area contributed by atoms with Gasteiger partial charge in [-0.2, -0.15) is 5.10 Å². The summed E-state index contributed by atoms with van der Waals surface area (Å²) >= 11 is 5.19. The van der Waals surface area contributed by atoms with E-state index >= 15 is 0 Å². The Labute approximate surface area is 200 Å². The number of ether oxygens (including phenoxy) is 3. The zero-order valence-electron chi connectivity index (χ0n) is 18.8. The molecule has 0 unspecified atom stereocenters. The minimum Gasteiger partial charge on any atom is -0.493 e. The van der Waals surface area contributed by atoms with E-state index in [0.29, 0.717) is 23.8 Å². The van der Waals surface area contributed by atoms with Crippen LogP contribution in [0, 0.1) is 0 Å². The molecular weight excluding hydrogens is 490 g/mol. The predicted octanol–water partition coefficient (Wildman–Crippen LogP) is 5.75. The highest BCUT2D eigenvalue weighted by Crippen LogP contribution is 2.38. The molecule has 0 saturated heterocycles. The fourth-order valence-electron chi connectivity index (χ4n) is 3.06. The first kappa shape index (κ1) is 23.8. The van der Waals surface area contributed by atoms with Crippen LogP contribution in [0.2, 0.25) is 0 Å². The Balaban J connectivity index is 2.20. The molecule has 0 saturated carbocycles. The first-order valence-electron chi connectivity index (χ1n) is 9.85. The van der Waals surface area contributed by atoms with Gasteiger partial charge < -0.3 is 14.2 Å². The molecule has 0 amide bonds. The van der Waals surface area contributed by atoms with Gasteiger partial charge in [0.2, 0.25) is 10.6 Å². The molecule has 3 aromatic rings. The largest absolute Gasteiger partial charge is 0.493 e. The predicted molar refractivity (Wildman–Crippen MR) is 134 cm³/mol. The molecule has 0 atom stereocenters. The lowest BCUT2D eigenvalue weighted by atomic mass is 10.1. The highest BCUT2D eigenvalue weighted by atomic mass is 79.9. The fourth-order valence-corrected chi connectivity index (χ4v) is 4.37. The normalized spacial score (nSPS) is 12.1. The number of nitrogens with zero attached hydrogens (tertiary/aromatic N) is 3. The van der Waals surface area contributed by atoms with Gasteiger partial charge in [0.25, 0.3) is 0 Å². The highest BCUT2D eigenvalue weighted by molar-refractivity contribution is 9.10. The van der Waals surface area contributed by atoms with Crippen LogP contribution < -0.4 is 19.0 Å². The van der Waals surface area contributed by atoms with E-state index in [1.165, 1.54) is 11.3 Å². The second-order valence-electron chi connectivity index (χ2n) is 7.07. The van der Waals surface area contributed by atoms with Gasteiger partial charge >= 0.3 is 0 Å². The van der Waals surface area contributed by atoms with Crippen molar-refractivity contribution in [3.63, 3.8) is 0 Å². The zero-order chi connectivity index (χ0) is 23.3. The SMILES string of the molecule is C=C(C)CN=c1scc(-c2ccccc2Br)n1N=C(C)c1cc(OC)c(OC)c(OC)c1. The van der Waals surface area contributed by atoms with Crippen molar-refractivity contribution in [1.29, 1.82) is 0 Å². The molecule has 0 N–H and O–H groups in total. The standard InChI is InChI=1S/C24H26BrN3O3S/c1-15(2)13-26-24-28(20(14-32-24)18-9-7-8-10-19(18)25)27-16(3)17-11-21(29-4)23(31-6)22(12-17)30-5/h7-12,14H,1,13H2,2-6H3. The Kier molecular flexibility index (Phi) is 7.93. The molecule has 1 heterocycles. The highest BCUT2D eigenvalue weighted by Gasteiger charge is 2.16. The summed E-state index contributed by atoms with van der Waals surface area (Å²) in [6, 6.07) is 11.8. The third-order valence-corrected chi connectivity index (χ3v) is 6.20. The molecule has 0 bridgehead atoms. The Morgan fingerprint density at radius 2 is 1.72 bits per heavy atom. The molecule has 32 heavy (non-hydrogen) atoms. The van der Waals surface area contributed by atoms with Gasteiger partial charge in [0.1, 0.15) is 0 Å². The lowest BCUT2D eigenvalue weighted by Gasteiger charge is -2.14. The summed E-state index contributed by atoms with van der Waals surface area (Å²) in [5.41, 5.74) is 4.57. The van der Waals surface area contributed by atoms with E-state index in [-0.39, 0.29) is 0 Å². The van der Waals surface area contributed by atoms with E-state index < -0.39 is 0 Å². The number of halogens is 1. The smallest absolute Gasteiger partial charge is 0.206 e. The number of benzene rings is 2. The lowest BCUT2D eigenvalue weighted by molar-refractivity contribution is 0.324. The Bertz CT molecular complexity index is 1200. The Morgan fingerprint density at radius 1 is 1.06 bits per heavy atom. The molecule has 2 aromatic carbocycles. The molecule has 6 nitrogen and oxygen atoms in total. The third-order valence-electron chi connectivity index (χ3n) is 4.65. The molecule has 0 aliphatic rings. The average Bonchev–Trinajstić information content (AvgIpc) is 3.18. The minimum absolute atomic E-state index is 0.536. The molecule has 0 aliphatic heterocycles. The molecule has 0 radical (unpaired) electrons. The van der Waals surface area contributed by atoms with Gasteiger partial charge in [0.15, 0.2) is 11.5 Å². The number of methoxy groups -OCH3 is 3. The van der Waals surface area contributed by atoms with Gasteiger partial charge in [-0.05, 0) is 32.0 Å². The summed E-state index contributed by atoms with van der Waals surface area (Å²) in [7, 11) is 4.78. The van der Waals surface area contributed by atoms with E-state index in [1.54, 1.807) is 21.3 Å². The van der Waals surface area contributed by atoms with Crippen LogP contribution in [0.15, 0.2) is 68.5 Å². The van der Waals surface area contributed by atoms with Crippen molar-refractivity contribution < 1.29 is 14.2 Å². The topological polar surface area (TPSA) is 57.3 Å². The van der Waals surface area contributed by atoms with Gasteiger partial charge in [-0.3, -0.25) is 4.99 Å². The van der Waals surface area contributed by atoms with E-state index in [9.17, 15) is 0 Å². The molecular formula is C24H26BrN3O3S. The second kappa shape index (κ2) is 10.7. The maximum atomic E-state index is 5.50. The summed E-state index contributed by atoms with van der Waals surface area (Å²) in [5.74, 6) is 1.69. The molecule has 168 valence electrons. The third kappa shape index (κ3) is 5.14. The summed E-state index contributed by atoms with van der Waals surface area (Å²) in [4.78, 5) is 5.50. The van der Waals surface area contributed by atoms with Crippen molar-refractivity contribution in [2.75, 3.05) is 27.9 Å². The Hall–Kier alpha value is -2.84. The summed E-state index contributed by atoms with van der Waals surface area (Å²) in [6.45, 7) is 8.40. The molecule has 0 fully saturated rings. The number of hydrogen-bond acceptors (Lipinski definition) is 6. The van der Waals surface area contributed by atoms with Crippen molar-refractivity contribution in [2.24, 2.45) is 10.1 Å². The van der Waals surface area contributed by atoms with Gasteiger partial charge in [0.05, 0.1) is 39.3 Å². The van der Waals surface area contributed by atoms with Crippen molar-refractivity contribution in [3.05, 3.63) is 68.8 Å². The van der Waals surface area contributed by atoms with Crippen molar-refractivity contribution in [1.82, 2.24) is 4.68 Å². The van der Waals surface area contributed by atoms with Crippen molar-refractivity contribution in [2.45, 2.75) is 13.8 Å². The van der Waals surface area contributed by atoms with Gasteiger partial charge in [-0.15, -0.1) is 11.3 Å². The first-order chi connectivity index (χ1) is 15.4. The molecule has 0 aliphatic carbocycles. The number of rotatable bonds is 8. The summed E-state index contributed by atoms with van der Waals surface area (Å²) < 4.78 is 19.3. The monoisotopic (exact) mass is 515 g/mol. The summed E-state index contributed by atoms with van der Waals surface area (Å²) in [6.07, 6.45) is 0. The van der Waals surface area contributed by atoms with Gasteiger partial charge in [-0.1, -0.05) is 46.3 Å². The van der Waals surface area contributed by atoms with Gasteiger partial charge in [0, 0.05) is 21.0 Å². The van der Waals surface area contributed by atoms with Crippen LogP contribution in [0.3, 0.4) is 0 Å². The van der Waals surface area contributed by atoms with E-state index in [4.69, 9.17) is 24.3 Å². The number of thiazole rings is 1. The lowest BCUT2D eigenvalue weighted by Crippen LogP contribution is -2.15. The zero-order valence-corrected chi connectivity index (χ0v) is 21.2. The Morgan fingerprint density at radius 3 is 2.28 bits per heavy atom. The van der Waals surface area contributed by atoms with Crippen LogP contribution in [0.25, 0.3) is 11.3 Å². The maximum absolute atomic E-state index is 5.50. The second-order valence-corrected chi connectivity index (χ2v) is 8.76.